The topological polar surface area (TPSA) is 131 Å². The van der Waals surface area contributed by atoms with Gasteiger partial charge in [-0.2, -0.15) is 0 Å². The smallest absolute Gasteiger partial charge is 0.156 e. The van der Waals surface area contributed by atoms with E-state index in [1.807, 2.05) is 30.7 Å². The van der Waals surface area contributed by atoms with Crippen LogP contribution in [-0.2, 0) is 13.1 Å². The molecule has 1 unspecified atom stereocenters. The van der Waals surface area contributed by atoms with Gasteiger partial charge in [0.15, 0.2) is 11.6 Å². The van der Waals surface area contributed by atoms with Gasteiger partial charge in [0.25, 0.3) is 0 Å². The van der Waals surface area contributed by atoms with Crippen molar-refractivity contribution < 1.29 is 10.2 Å². The fourth-order valence-corrected chi connectivity index (χ4v) is 6.48. The van der Waals surface area contributed by atoms with Crippen molar-refractivity contribution in [1.29, 1.82) is 0 Å². The van der Waals surface area contributed by atoms with Gasteiger partial charge in [0.2, 0.25) is 0 Å². The molecule has 1 saturated heterocycles. The number of aromatic nitrogens is 4. The van der Waals surface area contributed by atoms with Crippen molar-refractivity contribution in [3.05, 3.63) is 108 Å². The number of hydrogen-bond donors (Lipinski definition) is 5. The Morgan fingerprint density at radius 3 is 1.92 bits per heavy atom. The number of anilines is 4. The van der Waals surface area contributed by atoms with E-state index in [1.54, 1.807) is 6.20 Å². The van der Waals surface area contributed by atoms with E-state index in [1.165, 1.54) is 0 Å². The average molecular weight is 641 g/mol. The van der Waals surface area contributed by atoms with Crippen molar-refractivity contribution in [2.45, 2.75) is 39.5 Å². The number of fused-ring (bicyclic) bond motifs is 2. The second-order valence-corrected chi connectivity index (χ2v) is 12.4. The Morgan fingerprint density at radius 1 is 0.771 bits per heavy atom. The van der Waals surface area contributed by atoms with E-state index in [2.05, 4.69) is 93.2 Å². The summed E-state index contributed by atoms with van der Waals surface area (Å²) in [5.74, 6) is 1.41. The van der Waals surface area contributed by atoms with E-state index in [0.717, 1.165) is 86.1 Å². The van der Waals surface area contributed by atoms with E-state index in [-0.39, 0.29) is 12.7 Å². The molecule has 1 aliphatic rings. The average Bonchev–Trinajstić information content (AvgIpc) is 3.51. The number of aliphatic hydroxyl groups is 2. The molecule has 10 heteroatoms. The van der Waals surface area contributed by atoms with Gasteiger partial charge in [0.05, 0.1) is 12.7 Å². The van der Waals surface area contributed by atoms with Gasteiger partial charge in [-0.3, -0.25) is 14.9 Å². The van der Waals surface area contributed by atoms with Gasteiger partial charge >= 0.3 is 0 Å². The SMILES string of the molecule is Cc1c(Nc2nccc3cc(CNCCO)cnc23)cccc1-c1cccc(Nc2nccc3cc(CN4CCC(O)C4)cnc23)c1C. The summed E-state index contributed by atoms with van der Waals surface area (Å²) in [6.07, 6.45) is 7.97. The lowest BCUT2D eigenvalue weighted by Crippen LogP contribution is -2.21. The lowest BCUT2D eigenvalue weighted by atomic mass is 9.94. The number of aliphatic hydroxyl groups excluding tert-OH is 2. The lowest BCUT2D eigenvalue weighted by Gasteiger charge is -2.18. The second kappa shape index (κ2) is 14.0. The molecule has 244 valence electrons. The van der Waals surface area contributed by atoms with Gasteiger partial charge in [-0.05, 0) is 90.0 Å². The minimum Gasteiger partial charge on any atom is -0.395 e. The molecule has 7 rings (SSSR count). The Hall–Kier alpha value is -5.00. The molecule has 5 N–H and O–H groups in total. The fraction of sp³-hybridized carbons (Fsp3) is 0.263. The first-order chi connectivity index (χ1) is 23.5. The Balaban J connectivity index is 1.13. The lowest BCUT2D eigenvalue weighted by molar-refractivity contribution is 0.175. The van der Waals surface area contributed by atoms with Crippen LogP contribution in [0.3, 0.4) is 0 Å². The molecule has 0 radical (unpaired) electrons. The Bertz CT molecular complexity index is 2080. The first-order valence-electron chi connectivity index (χ1n) is 16.4. The molecular formula is C38H40N8O2. The van der Waals surface area contributed by atoms with E-state index >= 15 is 0 Å². The molecule has 0 amide bonds. The molecule has 2 aromatic carbocycles. The van der Waals surface area contributed by atoms with Gasteiger partial charge in [-0.15, -0.1) is 0 Å². The Morgan fingerprint density at radius 2 is 1.35 bits per heavy atom. The molecule has 0 aliphatic carbocycles. The molecule has 10 nitrogen and oxygen atoms in total. The zero-order valence-electron chi connectivity index (χ0n) is 27.2. The zero-order chi connectivity index (χ0) is 33.0. The standard InChI is InChI=1S/C38H40N8O2/c1-24-31(5-3-7-33(24)44-37-35-28(9-12-40-37)17-26(20-42-35)19-39-14-16-47)32-6-4-8-34(25(32)2)45-38-36-29(10-13-41-38)18-27(21-43-36)22-46-15-11-30(48)23-46/h3-10,12-13,17-18,20-21,30,39,47-48H,11,14-16,19,22-23H2,1-2H3,(H,40,44)(H,41,45). The highest BCUT2D eigenvalue weighted by Gasteiger charge is 2.20. The number of nitrogens with one attached hydrogen (secondary N) is 3. The van der Waals surface area contributed by atoms with Crippen LogP contribution in [0.5, 0.6) is 0 Å². The number of likely N-dealkylation sites (tertiary alicyclic amines) is 1. The summed E-state index contributed by atoms with van der Waals surface area (Å²) in [4.78, 5) is 21.1. The normalized spacial score (nSPS) is 15.0. The first-order valence-corrected chi connectivity index (χ1v) is 16.4. The van der Waals surface area contributed by atoms with Crippen LogP contribution in [0.1, 0.15) is 28.7 Å². The summed E-state index contributed by atoms with van der Waals surface area (Å²) in [6.45, 7) is 7.92. The van der Waals surface area contributed by atoms with E-state index in [4.69, 9.17) is 15.1 Å². The molecule has 6 aromatic rings. The molecule has 1 atom stereocenters. The van der Waals surface area contributed by atoms with Crippen molar-refractivity contribution in [3.63, 3.8) is 0 Å². The third-order valence-electron chi connectivity index (χ3n) is 9.05. The maximum atomic E-state index is 9.91. The molecule has 1 aliphatic heterocycles. The minimum atomic E-state index is -0.237. The zero-order valence-corrected chi connectivity index (χ0v) is 27.2. The first kappa shape index (κ1) is 31.6. The summed E-state index contributed by atoms with van der Waals surface area (Å²) >= 11 is 0. The second-order valence-electron chi connectivity index (χ2n) is 12.4. The summed E-state index contributed by atoms with van der Waals surface area (Å²) in [5.41, 5.74) is 10.2. The highest BCUT2D eigenvalue weighted by atomic mass is 16.3. The highest BCUT2D eigenvalue weighted by molar-refractivity contribution is 5.92. The number of benzene rings is 2. The molecule has 1 fully saturated rings. The van der Waals surface area contributed by atoms with Crippen LogP contribution in [0.15, 0.2) is 85.5 Å². The van der Waals surface area contributed by atoms with Crippen molar-refractivity contribution >= 4 is 44.8 Å². The van der Waals surface area contributed by atoms with Gasteiger partial charge in [-0.1, -0.05) is 24.3 Å². The molecule has 48 heavy (non-hydrogen) atoms. The van der Waals surface area contributed by atoms with Crippen LogP contribution >= 0.6 is 0 Å². The number of pyridine rings is 4. The molecule has 5 heterocycles. The van der Waals surface area contributed by atoms with Gasteiger partial charge < -0.3 is 26.2 Å². The largest absolute Gasteiger partial charge is 0.395 e. The van der Waals surface area contributed by atoms with Gasteiger partial charge in [0, 0.05) is 79.7 Å². The number of nitrogens with zero attached hydrogens (tertiary/aromatic N) is 5. The van der Waals surface area contributed by atoms with Crippen LogP contribution in [0, 0.1) is 13.8 Å². The van der Waals surface area contributed by atoms with Crippen molar-refractivity contribution in [3.8, 4) is 11.1 Å². The predicted molar refractivity (Wildman–Crippen MR) is 192 cm³/mol. The molecule has 0 bridgehead atoms. The molecular weight excluding hydrogens is 600 g/mol. The van der Waals surface area contributed by atoms with Crippen LogP contribution in [0.2, 0.25) is 0 Å². The van der Waals surface area contributed by atoms with E-state index < -0.39 is 0 Å². The summed E-state index contributed by atoms with van der Waals surface area (Å²) in [5, 5.41) is 31.3. The van der Waals surface area contributed by atoms with Crippen molar-refractivity contribution in [2.24, 2.45) is 0 Å². The summed E-state index contributed by atoms with van der Waals surface area (Å²) < 4.78 is 0. The van der Waals surface area contributed by atoms with Crippen molar-refractivity contribution in [2.75, 3.05) is 36.9 Å². The highest BCUT2D eigenvalue weighted by Crippen LogP contribution is 2.36. The maximum absolute atomic E-state index is 9.91. The van der Waals surface area contributed by atoms with E-state index in [0.29, 0.717) is 31.3 Å². The Kier molecular flexibility index (Phi) is 9.22. The Labute approximate surface area is 279 Å². The van der Waals surface area contributed by atoms with Gasteiger partial charge in [0.1, 0.15) is 11.0 Å². The number of hydrogen-bond acceptors (Lipinski definition) is 10. The van der Waals surface area contributed by atoms with Crippen LogP contribution in [-0.4, -0.2) is 67.4 Å². The predicted octanol–water partition coefficient (Wildman–Crippen LogP) is 5.99. The van der Waals surface area contributed by atoms with Crippen molar-refractivity contribution in [1.82, 2.24) is 30.2 Å². The van der Waals surface area contributed by atoms with Crippen LogP contribution in [0.4, 0.5) is 23.0 Å². The number of β-amino-alcohol motifs (C(OH)–C–C–N with tert-alkyl or cyclic N) is 1. The third kappa shape index (κ3) is 6.69. The third-order valence-corrected chi connectivity index (χ3v) is 9.05. The quantitative estimate of drug-likeness (QED) is 0.108. The summed E-state index contributed by atoms with van der Waals surface area (Å²) in [7, 11) is 0. The molecule has 4 aromatic heterocycles. The summed E-state index contributed by atoms with van der Waals surface area (Å²) in [6, 6.07) is 20.8. The maximum Gasteiger partial charge on any atom is 0.156 e. The molecule has 0 saturated carbocycles. The monoisotopic (exact) mass is 640 g/mol. The fourth-order valence-electron chi connectivity index (χ4n) is 6.48. The van der Waals surface area contributed by atoms with Crippen LogP contribution < -0.4 is 16.0 Å². The van der Waals surface area contributed by atoms with Gasteiger partial charge in [-0.25, -0.2) is 9.97 Å². The van der Waals surface area contributed by atoms with Crippen LogP contribution in [0.25, 0.3) is 32.9 Å². The number of rotatable bonds is 11. The minimum absolute atomic E-state index is 0.102. The van der Waals surface area contributed by atoms with E-state index in [9.17, 15) is 5.11 Å². The molecule has 0 spiro atoms.